The second-order valence-corrected chi connectivity index (χ2v) is 10.5. The topological polar surface area (TPSA) is 59.4 Å². The molecule has 2 aromatic rings. The Morgan fingerprint density at radius 1 is 1.19 bits per heavy atom. The van der Waals surface area contributed by atoms with Crippen LogP contribution < -0.4 is 5.32 Å². The lowest BCUT2D eigenvalue weighted by molar-refractivity contribution is 0.155. The van der Waals surface area contributed by atoms with E-state index in [0.29, 0.717) is 37.4 Å². The fourth-order valence-corrected chi connectivity index (χ4v) is 6.22. The van der Waals surface area contributed by atoms with Gasteiger partial charge in [0.05, 0.1) is 11.6 Å². The van der Waals surface area contributed by atoms with Crippen molar-refractivity contribution in [2.75, 3.05) is 31.5 Å². The highest BCUT2D eigenvalue weighted by Gasteiger charge is 2.58. The molecule has 5 nitrogen and oxygen atoms in total. The zero-order valence-corrected chi connectivity index (χ0v) is 20.2. The van der Waals surface area contributed by atoms with E-state index in [0.717, 1.165) is 50.9 Å². The Bertz CT molecular complexity index is 1170. The molecule has 1 heterocycles. The number of halogens is 3. The van der Waals surface area contributed by atoms with Gasteiger partial charge >= 0.3 is 6.03 Å². The molecule has 1 unspecified atom stereocenters. The lowest BCUT2D eigenvalue weighted by atomic mass is 9.80. The Labute approximate surface area is 209 Å². The van der Waals surface area contributed by atoms with Crippen LogP contribution in [0.25, 0.3) is 0 Å². The Morgan fingerprint density at radius 2 is 2.06 bits per heavy atom. The quantitative estimate of drug-likeness (QED) is 0.542. The molecule has 1 aliphatic heterocycles. The van der Waals surface area contributed by atoms with E-state index in [2.05, 4.69) is 22.4 Å². The summed E-state index contributed by atoms with van der Waals surface area (Å²) in [6.07, 6.45) is 4.16. The summed E-state index contributed by atoms with van der Waals surface area (Å²) in [7, 11) is 0. The molecule has 0 radical (unpaired) electrons. The number of fused-ring (bicyclic) bond motifs is 1. The van der Waals surface area contributed by atoms with Crippen molar-refractivity contribution in [2.45, 2.75) is 56.2 Å². The number of nitrogens with zero attached hydrogens (tertiary/aromatic N) is 3. The van der Waals surface area contributed by atoms with Gasteiger partial charge in [-0.05, 0) is 86.2 Å². The van der Waals surface area contributed by atoms with Gasteiger partial charge in [-0.3, -0.25) is 0 Å². The zero-order valence-electron chi connectivity index (χ0n) is 20.2. The Morgan fingerprint density at radius 3 is 2.78 bits per heavy atom. The first-order valence-corrected chi connectivity index (χ1v) is 12.8. The molecule has 0 spiro atoms. The summed E-state index contributed by atoms with van der Waals surface area (Å²) in [6, 6.07) is 13.1. The van der Waals surface area contributed by atoms with E-state index in [-0.39, 0.29) is 23.2 Å². The van der Waals surface area contributed by atoms with Gasteiger partial charge in [-0.1, -0.05) is 12.1 Å². The number of rotatable bonds is 7. The molecule has 0 aromatic heterocycles. The molecule has 2 aromatic carbocycles. The lowest BCUT2D eigenvalue weighted by Gasteiger charge is -2.37. The molecule has 190 valence electrons. The maximum atomic E-state index is 13.7. The molecule has 3 fully saturated rings. The smallest absolute Gasteiger partial charge is 0.321 e. The van der Waals surface area contributed by atoms with Crippen LogP contribution >= 0.6 is 0 Å². The molecule has 1 saturated heterocycles. The highest BCUT2D eigenvalue weighted by atomic mass is 19.2. The molecule has 2 amide bonds. The van der Waals surface area contributed by atoms with Crippen molar-refractivity contribution in [3.63, 3.8) is 0 Å². The summed E-state index contributed by atoms with van der Waals surface area (Å²) in [5.74, 6) is -1.52. The number of carbonyl (C=O) groups excluding carboxylic acids is 1. The molecular formula is C28H31F3N4O. The lowest BCUT2D eigenvalue weighted by Crippen LogP contribution is -2.46. The number of anilines is 1. The minimum absolute atomic E-state index is 0.0302. The van der Waals surface area contributed by atoms with Crippen LogP contribution in [-0.4, -0.2) is 54.2 Å². The number of nitriles is 1. The Balaban J connectivity index is 1.27. The van der Waals surface area contributed by atoms with Crippen LogP contribution in [0.5, 0.6) is 0 Å². The van der Waals surface area contributed by atoms with Gasteiger partial charge in [0.1, 0.15) is 6.17 Å². The third-order valence-corrected chi connectivity index (χ3v) is 8.24. The Hall–Kier alpha value is -3.05. The fraction of sp³-hybridized carbons (Fsp3) is 0.500. The van der Waals surface area contributed by atoms with Gasteiger partial charge in [0, 0.05) is 37.4 Å². The molecule has 0 bridgehead atoms. The molecule has 1 N–H and O–H groups in total. The van der Waals surface area contributed by atoms with E-state index < -0.39 is 17.8 Å². The number of hydrogen-bond acceptors (Lipinski definition) is 3. The minimum Gasteiger partial charge on any atom is -0.321 e. The number of nitrogens with one attached hydrogen (secondary N) is 1. The Kier molecular flexibility index (Phi) is 6.94. The first-order chi connectivity index (χ1) is 17.4. The summed E-state index contributed by atoms with van der Waals surface area (Å²) in [5, 5.41) is 12.0. The van der Waals surface area contributed by atoms with E-state index in [1.54, 1.807) is 0 Å². The predicted octanol–water partition coefficient (Wildman–Crippen LogP) is 5.61. The molecule has 5 rings (SSSR count). The molecule has 3 aliphatic rings. The number of urea groups is 1. The third kappa shape index (κ3) is 5.08. The highest BCUT2D eigenvalue weighted by molar-refractivity contribution is 5.89. The van der Waals surface area contributed by atoms with Crippen molar-refractivity contribution in [3.05, 3.63) is 65.2 Å². The van der Waals surface area contributed by atoms with Crippen LogP contribution in [0.1, 0.15) is 49.7 Å². The van der Waals surface area contributed by atoms with Gasteiger partial charge < -0.3 is 15.1 Å². The monoisotopic (exact) mass is 496 g/mol. The summed E-state index contributed by atoms with van der Waals surface area (Å²) in [6.45, 7) is 2.41. The van der Waals surface area contributed by atoms with Crippen LogP contribution in [0, 0.1) is 28.9 Å². The van der Waals surface area contributed by atoms with Crippen molar-refractivity contribution >= 4 is 11.7 Å². The largest absolute Gasteiger partial charge is 0.322 e. The van der Waals surface area contributed by atoms with E-state index in [1.807, 2.05) is 23.1 Å². The standard InChI is InChI=1S/C28H31F3N4O/c29-22-8-12-34(18-22)10-2-11-35(27(36)33-23-5-6-25(30)26(31)15-23)24-7-9-28(16-21(28)14-24)20-4-1-3-19(13-20)17-32/h1,3-6,13,15,21-22,24H,2,7-12,14,16,18H2,(H,33,36)/t21?,22-,24+,28-/m0/s1. The van der Waals surface area contributed by atoms with Crippen LogP contribution in [0.15, 0.2) is 42.5 Å². The van der Waals surface area contributed by atoms with Crippen molar-refractivity contribution < 1.29 is 18.0 Å². The summed E-state index contributed by atoms with van der Waals surface area (Å²) >= 11 is 0. The van der Waals surface area contributed by atoms with E-state index in [9.17, 15) is 23.2 Å². The van der Waals surface area contributed by atoms with Gasteiger partial charge in [0.15, 0.2) is 11.6 Å². The van der Waals surface area contributed by atoms with Crippen molar-refractivity contribution in [3.8, 4) is 6.07 Å². The second kappa shape index (κ2) is 10.1. The van der Waals surface area contributed by atoms with Crippen LogP contribution in [0.2, 0.25) is 0 Å². The van der Waals surface area contributed by atoms with Crippen molar-refractivity contribution in [1.29, 1.82) is 5.26 Å². The zero-order chi connectivity index (χ0) is 25.3. The maximum Gasteiger partial charge on any atom is 0.322 e. The summed E-state index contributed by atoms with van der Waals surface area (Å²) < 4.78 is 40.6. The summed E-state index contributed by atoms with van der Waals surface area (Å²) in [5.41, 5.74) is 2.17. The van der Waals surface area contributed by atoms with Crippen molar-refractivity contribution in [1.82, 2.24) is 9.80 Å². The number of benzene rings is 2. The highest BCUT2D eigenvalue weighted by Crippen LogP contribution is 2.62. The molecule has 4 atom stereocenters. The van der Waals surface area contributed by atoms with E-state index >= 15 is 0 Å². The van der Waals surface area contributed by atoms with Crippen molar-refractivity contribution in [2.24, 2.45) is 5.92 Å². The molecule has 2 aliphatic carbocycles. The SMILES string of the molecule is N#Cc1cccc([C@@]23CC[C@@H](N(CCCN4CC[C@H](F)C4)C(=O)Nc4ccc(F)c(F)c4)CC2C3)c1. The van der Waals surface area contributed by atoms with Gasteiger partial charge in [0.2, 0.25) is 0 Å². The molecular weight excluding hydrogens is 465 g/mol. The second-order valence-electron chi connectivity index (χ2n) is 10.5. The first-order valence-electron chi connectivity index (χ1n) is 12.8. The average molecular weight is 497 g/mol. The van der Waals surface area contributed by atoms with Gasteiger partial charge in [0.25, 0.3) is 0 Å². The van der Waals surface area contributed by atoms with Gasteiger partial charge in [-0.2, -0.15) is 5.26 Å². The number of carbonyl (C=O) groups is 1. The van der Waals surface area contributed by atoms with Crippen LogP contribution in [0.3, 0.4) is 0 Å². The van der Waals surface area contributed by atoms with E-state index in [1.165, 1.54) is 11.6 Å². The number of hydrogen-bond donors (Lipinski definition) is 1. The number of amides is 2. The van der Waals surface area contributed by atoms with E-state index in [4.69, 9.17) is 0 Å². The maximum absolute atomic E-state index is 13.7. The van der Waals surface area contributed by atoms with Gasteiger partial charge in [-0.15, -0.1) is 0 Å². The predicted molar refractivity (Wildman–Crippen MR) is 131 cm³/mol. The number of alkyl halides is 1. The van der Waals surface area contributed by atoms with Crippen LogP contribution in [-0.2, 0) is 5.41 Å². The molecule has 36 heavy (non-hydrogen) atoms. The minimum atomic E-state index is -1.01. The normalized spacial score (nSPS) is 27.2. The molecule has 8 heteroatoms. The molecule has 2 saturated carbocycles. The van der Waals surface area contributed by atoms with Gasteiger partial charge in [-0.25, -0.2) is 18.0 Å². The van der Waals surface area contributed by atoms with Crippen LogP contribution in [0.4, 0.5) is 23.7 Å². The fourth-order valence-electron chi connectivity index (χ4n) is 6.22. The first kappa shape index (κ1) is 24.6. The third-order valence-electron chi connectivity index (χ3n) is 8.24. The average Bonchev–Trinajstić information content (AvgIpc) is 3.48. The summed E-state index contributed by atoms with van der Waals surface area (Å²) in [4.78, 5) is 17.2. The number of likely N-dealkylation sites (tertiary alicyclic amines) is 1.